The van der Waals surface area contributed by atoms with Crippen LogP contribution in [0.25, 0.3) is 41.8 Å². The number of rotatable bonds is 7. The van der Waals surface area contributed by atoms with Gasteiger partial charge in [-0.2, -0.15) is 0 Å². The van der Waals surface area contributed by atoms with Crippen molar-refractivity contribution in [1.82, 2.24) is 25.6 Å². The number of anilines is 3. The normalized spacial score (nSPS) is 15.2. The third kappa shape index (κ3) is 16.8. The predicted octanol–water partition coefficient (Wildman–Crippen LogP) is 10.6. The molecule has 11 aromatic rings. The van der Waals surface area contributed by atoms with Crippen molar-refractivity contribution in [2.24, 2.45) is 5.73 Å². The second-order valence-corrected chi connectivity index (χ2v) is 25.6. The number of aromatic nitrogens is 3. The molecule has 0 spiro atoms. The molecule has 498 valence electrons. The standard InChI is InChI=1S/C24H18FN3O3S.C18H14BrN3O3S.C10H12N2O2.C9H6BrNO2S.C6H6BFO2.ClH/c1-28-19-11-4-5-12-20(19)31-13-18(24(28)30)26-22(29)23-27-17-10-6-8-15(21(17)32-23)14-7-2-3-9-16(14)25;1-22-13-7-2-3-8-14(13)25-9-12(18(22)24)20-16(23)17-21-11-6-4-5-10(19)15(11)26-17;1-12-8-4-2-3-5-9(8)14-6-7(11)10(12)13;1-13-9(12)8-11-6-4-2-3-5(10)7(6)14-8;8-6-4-2-1-3-5(6)7(9)10;/h2-12,18H,13H2,1H3,(H,26,29);2-8,12H,9H2,1H3,(H,20,23);2-5,7H,6,11H2,1H3;2-4H,1H3;1-4,9-10H;1H/t18-;12-;7-;;;/m000.../s1. The fraction of sp³-hybridized carbons (Fsp3) is 0.149. The van der Waals surface area contributed by atoms with Gasteiger partial charge in [0, 0.05) is 46.7 Å². The lowest BCUT2D eigenvalue weighted by atomic mass is 9.80. The average molecular weight is 1520 g/mol. The smallest absolute Gasteiger partial charge is 0.489 e. The Balaban J connectivity index is 0.000000151. The Morgan fingerprint density at radius 1 is 0.526 bits per heavy atom. The number of halogens is 5. The maximum absolute atomic E-state index is 14.4. The summed E-state index contributed by atoms with van der Waals surface area (Å²) in [7, 11) is 4.65. The van der Waals surface area contributed by atoms with E-state index in [2.05, 4.69) is 62.2 Å². The van der Waals surface area contributed by atoms with Crippen LogP contribution in [0.3, 0.4) is 0 Å². The number of fused-ring (bicyclic) bond motifs is 6. The van der Waals surface area contributed by atoms with E-state index in [0.29, 0.717) is 60.0 Å². The fourth-order valence-electron chi connectivity index (χ4n) is 9.75. The molecule has 97 heavy (non-hydrogen) atoms. The zero-order valence-electron chi connectivity index (χ0n) is 51.6. The summed E-state index contributed by atoms with van der Waals surface area (Å²) in [6.45, 7) is 0.317. The summed E-state index contributed by atoms with van der Waals surface area (Å²) < 4.78 is 52.8. The summed E-state index contributed by atoms with van der Waals surface area (Å²) >= 11 is 10.6. The molecule has 8 aromatic carbocycles. The first-order chi connectivity index (χ1) is 46.2. The van der Waals surface area contributed by atoms with Gasteiger partial charge in [0.1, 0.15) is 66.8 Å². The number of hydrogen-bond acceptors (Lipinski definition) is 19. The highest BCUT2D eigenvalue weighted by atomic mass is 79.9. The van der Waals surface area contributed by atoms with Crippen molar-refractivity contribution >= 4 is 174 Å². The number of likely N-dealkylation sites (N-methyl/N-ethyl adjacent to an activating group) is 3. The second-order valence-electron chi connectivity index (χ2n) is 20.9. The van der Waals surface area contributed by atoms with Gasteiger partial charge in [-0.25, -0.2) is 28.5 Å². The van der Waals surface area contributed by atoms with Crippen LogP contribution < -0.4 is 50.7 Å². The highest BCUT2D eigenvalue weighted by molar-refractivity contribution is 9.11. The maximum atomic E-state index is 14.4. The third-order valence-corrected chi connectivity index (χ3v) is 19.8. The van der Waals surface area contributed by atoms with Crippen molar-refractivity contribution in [1.29, 1.82) is 0 Å². The molecule has 3 aliphatic rings. The zero-order chi connectivity index (χ0) is 68.3. The number of carbonyl (C=O) groups is 6. The van der Waals surface area contributed by atoms with Crippen LogP contribution in [0, 0.1) is 11.6 Å². The van der Waals surface area contributed by atoms with E-state index < -0.39 is 42.9 Å². The molecule has 0 saturated heterocycles. The monoisotopic (exact) mass is 1520 g/mol. The molecule has 3 atom stereocenters. The number of methoxy groups -OCH3 is 1. The highest BCUT2D eigenvalue weighted by Crippen LogP contribution is 2.37. The van der Waals surface area contributed by atoms with Gasteiger partial charge in [0.05, 0.1) is 54.8 Å². The molecule has 3 aliphatic heterocycles. The number of esters is 1. The van der Waals surface area contributed by atoms with E-state index in [1.807, 2.05) is 91.0 Å². The minimum Gasteiger partial charge on any atom is -0.489 e. The lowest BCUT2D eigenvalue weighted by Crippen LogP contribution is -2.49. The van der Waals surface area contributed by atoms with Crippen molar-refractivity contribution in [3.8, 4) is 28.4 Å². The van der Waals surface area contributed by atoms with Crippen molar-refractivity contribution in [3.05, 3.63) is 212 Å². The molecule has 0 radical (unpaired) electrons. The summed E-state index contributed by atoms with van der Waals surface area (Å²) in [4.78, 5) is 91.5. The van der Waals surface area contributed by atoms with E-state index >= 15 is 0 Å². The van der Waals surface area contributed by atoms with Gasteiger partial charge in [-0.15, -0.1) is 46.4 Å². The van der Waals surface area contributed by atoms with E-state index in [1.54, 1.807) is 75.7 Å². The van der Waals surface area contributed by atoms with Crippen molar-refractivity contribution < 1.29 is 66.5 Å². The van der Waals surface area contributed by atoms with Crippen LogP contribution in [0.15, 0.2) is 185 Å². The van der Waals surface area contributed by atoms with Crippen LogP contribution in [0.5, 0.6) is 17.2 Å². The number of hydrogen-bond donors (Lipinski definition) is 5. The van der Waals surface area contributed by atoms with E-state index in [1.165, 1.54) is 74.8 Å². The molecule has 0 fully saturated rings. The SMILES string of the molecule is CN1C(=O)[C@@H](N)COc2ccccc21.CN1C(=O)[C@@H](NC(=O)c2nc3cccc(-c4ccccc4F)c3s2)COc2ccccc21.CN1C(=O)[C@@H](NC(=O)c2nc3cccc(Br)c3s2)COc2ccccc21.COC(=O)c1nc2cccc(Br)c2s1.Cl.OB(O)c1ccccc1F. The van der Waals surface area contributed by atoms with Crippen LogP contribution in [0.1, 0.15) is 29.4 Å². The minimum atomic E-state index is -1.72. The quantitative estimate of drug-likeness (QED) is 0.0733. The van der Waals surface area contributed by atoms with Crippen LogP contribution >= 0.6 is 78.3 Å². The number of nitrogens with two attached hydrogens (primary N) is 1. The van der Waals surface area contributed by atoms with Crippen molar-refractivity contribution in [2.75, 3.05) is 62.8 Å². The summed E-state index contributed by atoms with van der Waals surface area (Å²) in [5, 5.41) is 23.4. The van der Waals surface area contributed by atoms with Gasteiger partial charge in [-0.3, -0.25) is 24.0 Å². The second kappa shape index (κ2) is 32.6. The van der Waals surface area contributed by atoms with E-state index in [-0.39, 0.29) is 72.1 Å². The Hall–Kier alpha value is -9.30. The third-order valence-electron chi connectivity index (χ3n) is 14.7. The van der Waals surface area contributed by atoms with Gasteiger partial charge >= 0.3 is 13.1 Å². The Morgan fingerprint density at radius 3 is 1.36 bits per heavy atom. The van der Waals surface area contributed by atoms with Crippen LogP contribution in [0.2, 0.25) is 0 Å². The molecule has 3 aromatic heterocycles. The predicted molar refractivity (Wildman–Crippen MR) is 381 cm³/mol. The Morgan fingerprint density at radius 2 is 0.907 bits per heavy atom. The lowest BCUT2D eigenvalue weighted by molar-refractivity contribution is -0.121. The molecule has 0 bridgehead atoms. The number of nitrogens with one attached hydrogen (secondary N) is 2. The number of para-hydroxylation sites is 6. The summed E-state index contributed by atoms with van der Waals surface area (Å²) in [5.74, 6) is -0.933. The van der Waals surface area contributed by atoms with Gasteiger partial charge in [0.2, 0.25) is 10.9 Å². The van der Waals surface area contributed by atoms with Gasteiger partial charge in [0.25, 0.3) is 23.6 Å². The largest absolute Gasteiger partial charge is 0.491 e. The number of benzene rings is 8. The molecule has 14 rings (SSSR count). The van der Waals surface area contributed by atoms with E-state index in [9.17, 15) is 37.5 Å². The molecular formula is C67H57BBr2ClF2N9O12S3. The number of nitrogens with zero attached hydrogens (tertiary/aromatic N) is 6. The molecule has 5 amide bonds. The molecule has 30 heteroatoms. The van der Waals surface area contributed by atoms with Crippen molar-refractivity contribution in [2.45, 2.75) is 18.1 Å². The molecule has 21 nitrogen and oxygen atoms in total. The topological polar surface area (TPSA) is 278 Å². The number of amides is 5. The Kier molecular flexibility index (Phi) is 24.2. The van der Waals surface area contributed by atoms with E-state index in [4.69, 9.17) is 30.0 Å². The molecule has 6 N–H and O–H groups in total. The van der Waals surface area contributed by atoms with Gasteiger partial charge in [-0.1, -0.05) is 97.1 Å². The first-order valence-electron chi connectivity index (χ1n) is 29.0. The summed E-state index contributed by atoms with van der Waals surface area (Å²) in [5.41, 5.74) is 10.9. The average Bonchev–Trinajstić information content (AvgIpc) is 1.68. The van der Waals surface area contributed by atoms with Gasteiger partial charge in [-0.05, 0) is 111 Å². The lowest BCUT2D eigenvalue weighted by Gasteiger charge is -2.19. The Bertz CT molecular complexity index is 4730. The summed E-state index contributed by atoms with van der Waals surface area (Å²) in [6, 6.07) is 48.3. The van der Waals surface area contributed by atoms with Gasteiger partial charge in [0.15, 0.2) is 10.0 Å². The maximum Gasteiger partial charge on any atom is 0.491 e. The molecule has 6 heterocycles. The molecule has 0 aliphatic carbocycles. The molecular weight excluding hydrogens is 1460 g/mol. The first-order valence-corrected chi connectivity index (χ1v) is 33.0. The van der Waals surface area contributed by atoms with Crippen LogP contribution in [0.4, 0.5) is 25.8 Å². The van der Waals surface area contributed by atoms with Crippen LogP contribution in [-0.4, -0.2) is 134 Å². The number of thiazole rings is 3. The number of carbonyl (C=O) groups excluding carboxylic acids is 6. The summed E-state index contributed by atoms with van der Waals surface area (Å²) in [6.07, 6.45) is 0. The Labute approximate surface area is 588 Å². The highest BCUT2D eigenvalue weighted by Gasteiger charge is 2.34. The minimum absolute atomic E-state index is 0. The fourth-order valence-corrected chi connectivity index (χ4v) is 13.7. The van der Waals surface area contributed by atoms with Gasteiger partial charge < -0.3 is 60.1 Å². The first kappa shape index (κ1) is 72.0. The molecule has 0 unspecified atom stereocenters. The van der Waals surface area contributed by atoms with Crippen molar-refractivity contribution in [3.63, 3.8) is 0 Å². The number of ether oxygens (including phenoxy) is 4. The van der Waals surface area contributed by atoms with E-state index in [0.717, 1.165) is 46.4 Å². The molecule has 0 saturated carbocycles. The van der Waals surface area contributed by atoms with Crippen LogP contribution in [-0.2, 0) is 19.1 Å². The zero-order valence-corrected chi connectivity index (χ0v) is 58.0.